The second-order valence-corrected chi connectivity index (χ2v) is 9.76. The summed E-state index contributed by atoms with van der Waals surface area (Å²) in [4.78, 5) is 9.63. The second-order valence-electron chi connectivity index (χ2n) is 9.76. The summed E-state index contributed by atoms with van der Waals surface area (Å²) in [6.07, 6.45) is 3.38. The highest BCUT2D eigenvalue weighted by molar-refractivity contribution is 6.06. The van der Waals surface area contributed by atoms with Gasteiger partial charge in [-0.3, -0.25) is 4.99 Å². The lowest BCUT2D eigenvalue weighted by molar-refractivity contribution is 0.0827. The van der Waals surface area contributed by atoms with Gasteiger partial charge in [0, 0.05) is 48.4 Å². The van der Waals surface area contributed by atoms with Gasteiger partial charge in [-0.15, -0.1) is 0 Å². The van der Waals surface area contributed by atoms with Gasteiger partial charge >= 0.3 is 0 Å². The molecule has 0 aromatic heterocycles. The van der Waals surface area contributed by atoms with Gasteiger partial charge in [-0.2, -0.15) is 0 Å². The maximum atomic E-state index is 10.0. The molecule has 1 unspecified atom stereocenters. The Morgan fingerprint density at radius 1 is 0.969 bits per heavy atom. The Hall–Kier alpha value is -3.05. The van der Waals surface area contributed by atoms with E-state index in [2.05, 4.69) is 85.3 Å². The quantitative estimate of drug-likeness (QED) is 0.592. The van der Waals surface area contributed by atoms with Gasteiger partial charge in [0.05, 0.1) is 17.7 Å². The van der Waals surface area contributed by atoms with E-state index in [1.54, 1.807) is 0 Å². The maximum absolute atomic E-state index is 10.0. The van der Waals surface area contributed by atoms with Crippen LogP contribution < -0.4 is 14.5 Å². The van der Waals surface area contributed by atoms with Crippen molar-refractivity contribution in [2.24, 2.45) is 4.99 Å². The number of anilines is 2. The van der Waals surface area contributed by atoms with E-state index in [-0.39, 0.29) is 11.5 Å². The van der Waals surface area contributed by atoms with Gasteiger partial charge in [-0.1, -0.05) is 42.5 Å². The molecule has 1 N–H and O–H groups in total. The van der Waals surface area contributed by atoms with E-state index in [0.717, 1.165) is 48.4 Å². The van der Waals surface area contributed by atoms with Gasteiger partial charge < -0.3 is 19.6 Å². The maximum Gasteiger partial charge on any atom is 0.228 e. The Labute approximate surface area is 188 Å². The lowest BCUT2D eigenvalue weighted by Crippen LogP contribution is -2.61. The van der Waals surface area contributed by atoms with Crippen LogP contribution >= 0.6 is 0 Å². The fourth-order valence-electron chi connectivity index (χ4n) is 5.77. The number of aliphatic hydroxyl groups excluding tert-OH is 1. The lowest BCUT2D eigenvalue weighted by atomic mass is 9.77. The number of piperidine rings is 1. The first kappa shape index (κ1) is 19.6. The molecule has 5 nitrogen and oxygen atoms in total. The molecule has 0 radical (unpaired) electrons. The number of ether oxygens (including phenoxy) is 1. The molecule has 0 amide bonds. The minimum absolute atomic E-state index is 0.203. The van der Waals surface area contributed by atoms with Crippen molar-refractivity contribution in [2.75, 3.05) is 29.9 Å². The first-order chi connectivity index (χ1) is 15.4. The van der Waals surface area contributed by atoms with Gasteiger partial charge in [-0.05, 0) is 38.3 Å². The number of rotatable bonds is 1. The third kappa shape index (κ3) is 2.51. The van der Waals surface area contributed by atoms with Crippen molar-refractivity contribution < 1.29 is 9.84 Å². The summed E-state index contributed by atoms with van der Waals surface area (Å²) in [5.74, 6) is 0.819. The third-order valence-electron chi connectivity index (χ3n) is 7.73. The second kappa shape index (κ2) is 6.72. The van der Waals surface area contributed by atoms with E-state index < -0.39 is 5.72 Å². The summed E-state index contributed by atoms with van der Waals surface area (Å²) < 4.78 is 6.95. The van der Waals surface area contributed by atoms with E-state index in [9.17, 15) is 5.11 Å². The summed E-state index contributed by atoms with van der Waals surface area (Å²) in [6.45, 7) is 6.16. The molecule has 0 bridgehead atoms. The summed E-state index contributed by atoms with van der Waals surface area (Å²) in [5, 5.41) is 12.3. The zero-order valence-corrected chi connectivity index (χ0v) is 18.9. The highest BCUT2D eigenvalue weighted by Gasteiger charge is 2.58. The van der Waals surface area contributed by atoms with Gasteiger partial charge in [0.1, 0.15) is 5.69 Å². The largest absolute Gasteiger partial charge is 0.459 e. The van der Waals surface area contributed by atoms with Crippen LogP contribution in [0.5, 0.6) is 5.75 Å². The molecule has 1 saturated heterocycles. The van der Waals surface area contributed by atoms with Crippen LogP contribution in [0.3, 0.4) is 0 Å². The number of likely N-dealkylation sites (N-methyl/N-ethyl adjacent to an activating group) is 1. The average Bonchev–Trinajstić information content (AvgIpc) is 2.97. The first-order valence-corrected chi connectivity index (χ1v) is 11.5. The van der Waals surface area contributed by atoms with Crippen LogP contribution in [-0.4, -0.2) is 43.3 Å². The van der Waals surface area contributed by atoms with Gasteiger partial charge in [-0.25, -0.2) is 0 Å². The van der Waals surface area contributed by atoms with Crippen molar-refractivity contribution >= 4 is 34.0 Å². The Kier molecular flexibility index (Phi) is 4.12. The van der Waals surface area contributed by atoms with E-state index in [1.165, 1.54) is 16.6 Å². The number of para-hydroxylation sites is 1. The van der Waals surface area contributed by atoms with E-state index in [1.807, 2.05) is 6.21 Å². The smallest absolute Gasteiger partial charge is 0.228 e. The minimum atomic E-state index is -0.693. The standard InChI is InChI=1S/C27H29N3O2/c1-26(2)21-10-6-7-11-22(21)29(3)27(26)17-28-25-20-9-5-4-8-19(20)23(16-24(25)32-27)30-14-12-18(31)13-15-30/h4-11,16-18,31H,12-15H2,1-3H3. The van der Waals surface area contributed by atoms with Crippen molar-refractivity contribution in [3.8, 4) is 5.75 Å². The van der Waals surface area contributed by atoms with Crippen molar-refractivity contribution in [1.29, 1.82) is 0 Å². The lowest BCUT2D eigenvalue weighted by Gasteiger charge is -2.45. The van der Waals surface area contributed by atoms with E-state index in [0.29, 0.717) is 0 Å². The summed E-state index contributed by atoms with van der Waals surface area (Å²) in [7, 11) is 2.10. The molecule has 1 atom stereocenters. The average molecular weight is 428 g/mol. The summed E-state index contributed by atoms with van der Waals surface area (Å²) >= 11 is 0. The number of benzene rings is 3. The van der Waals surface area contributed by atoms with Crippen LogP contribution in [0.25, 0.3) is 10.8 Å². The van der Waals surface area contributed by atoms with Crippen LogP contribution in [0, 0.1) is 0 Å². The zero-order valence-electron chi connectivity index (χ0n) is 18.9. The summed E-state index contributed by atoms with van der Waals surface area (Å²) in [5.41, 5.74) is 3.53. The predicted octanol–water partition coefficient (Wildman–Crippen LogP) is 5.02. The molecule has 0 aliphatic carbocycles. The number of aliphatic imine (C=N–C) groups is 1. The van der Waals surface area contributed by atoms with E-state index in [4.69, 9.17) is 9.73 Å². The first-order valence-electron chi connectivity index (χ1n) is 11.5. The third-order valence-corrected chi connectivity index (χ3v) is 7.73. The topological polar surface area (TPSA) is 48.3 Å². The molecule has 1 spiro atoms. The molecule has 3 heterocycles. The zero-order chi connectivity index (χ0) is 22.1. The molecule has 32 heavy (non-hydrogen) atoms. The fraction of sp³-hybridized carbons (Fsp3) is 0.370. The van der Waals surface area contributed by atoms with Crippen molar-refractivity contribution in [3.05, 3.63) is 60.2 Å². The van der Waals surface area contributed by atoms with Crippen molar-refractivity contribution in [1.82, 2.24) is 0 Å². The molecule has 164 valence electrons. The molecule has 3 aromatic rings. The van der Waals surface area contributed by atoms with Gasteiger partial charge in [0.25, 0.3) is 0 Å². The monoisotopic (exact) mass is 427 g/mol. The Bertz CT molecular complexity index is 1240. The SMILES string of the molecule is CN1c2ccccc2C(C)(C)C12C=Nc1c(cc(N3CCC(O)CC3)c3ccccc13)O2. The van der Waals surface area contributed by atoms with E-state index >= 15 is 0 Å². The van der Waals surface area contributed by atoms with Crippen molar-refractivity contribution in [2.45, 2.75) is 43.9 Å². The number of hydrogen-bond acceptors (Lipinski definition) is 5. The molecule has 5 heteroatoms. The number of aliphatic hydroxyl groups is 1. The number of nitrogens with zero attached hydrogens (tertiary/aromatic N) is 3. The molecule has 0 saturated carbocycles. The molecule has 3 aliphatic rings. The van der Waals surface area contributed by atoms with Gasteiger partial charge in [0.2, 0.25) is 5.72 Å². The number of hydrogen-bond donors (Lipinski definition) is 1. The molecular formula is C27H29N3O2. The molecule has 3 aromatic carbocycles. The van der Waals surface area contributed by atoms with Crippen LogP contribution in [0.1, 0.15) is 32.3 Å². The van der Waals surface area contributed by atoms with Crippen LogP contribution in [-0.2, 0) is 5.41 Å². The summed E-state index contributed by atoms with van der Waals surface area (Å²) in [6, 6.07) is 19.1. The fourth-order valence-corrected chi connectivity index (χ4v) is 5.77. The highest BCUT2D eigenvalue weighted by atomic mass is 16.5. The van der Waals surface area contributed by atoms with Crippen LogP contribution in [0.2, 0.25) is 0 Å². The highest BCUT2D eigenvalue weighted by Crippen LogP contribution is 2.55. The normalized spacial score (nSPS) is 24.0. The van der Waals surface area contributed by atoms with Crippen molar-refractivity contribution in [3.63, 3.8) is 0 Å². The number of fused-ring (bicyclic) bond motifs is 4. The molecule has 1 fully saturated rings. The predicted molar refractivity (Wildman–Crippen MR) is 131 cm³/mol. The van der Waals surface area contributed by atoms with Crippen LogP contribution in [0.4, 0.5) is 17.1 Å². The Morgan fingerprint density at radius 2 is 1.66 bits per heavy atom. The molecule has 6 rings (SSSR count). The minimum Gasteiger partial charge on any atom is -0.459 e. The van der Waals surface area contributed by atoms with Gasteiger partial charge in [0.15, 0.2) is 5.75 Å². The molecular weight excluding hydrogens is 398 g/mol. The molecule has 3 aliphatic heterocycles. The Balaban J connectivity index is 1.51. The Morgan fingerprint density at radius 3 is 2.41 bits per heavy atom. The van der Waals surface area contributed by atoms with Crippen LogP contribution in [0.15, 0.2) is 59.6 Å².